The number of hydrogen-bond acceptors (Lipinski definition) is 4. The molecule has 0 spiro atoms. The van der Waals surface area contributed by atoms with Crippen molar-refractivity contribution < 1.29 is 4.79 Å². The molecule has 1 aromatic heterocycles. The van der Waals surface area contributed by atoms with E-state index in [0.29, 0.717) is 23.8 Å². The predicted molar refractivity (Wildman–Crippen MR) is 66.9 cm³/mol. The highest BCUT2D eigenvalue weighted by molar-refractivity contribution is 5.92. The van der Waals surface area contributed by atoms with Gasteiger partial charge in [-0.3, -0.25) is 4.79 Å². The van der Waals surface area contributed by atoms with Gasteiger partial charge in [-0.15, -0.1) is 0 Å². The van der Waals surface area contributed by atoms with Crippen molar-refractivity contribution in [2.75, 3.05) is 13.1 Å². The van der Waals surface area contributed by atoms with Crippen LogP contribution in [0, 0.1) is 11.3 Å². The van der Waals surface area contributed by atoms with Crippen molar-refractivity contribution in [1.29, 1.82) is 5.26 Å². The number of carbonyl (C=O) groups excluding carboxylic acids is 1. The number of carbonyl (C=O) groups is 1. The Bertz CT molecular complexity index is 443. The summed E-state index contributed by atoms with van der Waals surface area (Å²) in [5.41, 5.74) is 0.810. The standard InChI is InChI=1S/C13H16N4O/c14-7-10-4-5-12(16-8-10)13(18)17-9-11-3-1-2-6-15-11/h4-5,8,11,15H,1-3,6,9H2,(H,17,18). The van der Waals surface area contributed by atoms with Crippen LogP contribution in [0.15, 0.2) is 18.3 Å². The van der Waals surface area contributed by atoms with E-state index in [1.165, 1.54) is 19.0 Å². The molecule has 1 atom stereocenters. The molecular formula is C13H16N4O. The van der Waals surface area contributed by atoms with Gasteiger partial charge in [0, 0.05) is 18.8 Å². The van der Waals surface area contributed by atoms with E-state index in [1.54, 1.807) is 12.1 Å². The van der Waals surface area contributed by atoms with Crippen LogP contribution in [0.5, 0.6) is 0 Å². The lowest BCUT2D eigenvalue weighted by molar-refractivity contribution is 0.0943. The summed E-state index contributed by atoms with van der Waals surface area (Å²) in [6.45, 7) is 1.65. The van der Waals surface area contributed by atoms with Crippen molar-refractivity contribution in [2.45, 2.75) is 25.3 Å². The molecule has 0 saturated carbocycles. The lowest BCUT2D eigenvalue weighted by Crippen LogP contribution is -2.43. The summed E-state index contributed by atoms with van der Waals surface area (Å²) < 4.78 is 0. The molecule has 1 aromatic rings. The Hall–Kier alpha value is -1.93. The van der Waals surface area contributed by atoms with Crippen LogP contribution in [0.2, 0.25) is 0 Å². The second kappa shape index (κ2) is 6.12. The quantitative estimate of drug-likeness (QED) is 0.825. The summed E-state index contributed by atoms with van der Waals surface area (Å²) in [5, 5.41) is 14.9. The first-order valence-corrected chi connectivity index (χ1v) is 6.17. The Morgan fingerprint density at radius 1 is 1.56 bits per heavy atom. The van der Waals surface area contributed by atoms with E-state index in [1.807, 2.05) is 6.07 Å². The van der Waals surface area contributed by atoms with Gasteiger partial charge in [0.25, 0.3) is 5.91 Å². The van der Waals surface area contributed by atoms with Crippen LogP contribution in [0.25, 0.3) is 0 Å². The fourth-order valence-electron chi connectivity index (χ4n) is 2.00. The Labute approximate surface area is 106 Å². The van der Waals surface area contributed by atoms with Gasteiger partial charge in [-0.2, -0.15) is 5.26 Å². The van der Waals surface area contributed by atoms with Crippen molar-refractivity contribution in [3.63, 3.8) is 0 Å². The Morgan fingerprint density at radius 2 is 2.44 bits per heavy atom. The maximum atomic E-state index is 11.8. The van der Waals surface area contributed by atoms with E-state index < -0.39 is 0 Å². The molecule has 1 unspecified atom stereocenters. The van der Waals surface area contributed by atoms with Crippen LogP contribution in [-0.2, 0) is 0 Å². The van der Waals surface area contributed by atoms with Crippen molar-refractivity contribution in [2.24, 2.45) is 0 Å². The topological polar surface area (TPSA) is 77.8 Å². The van der Waals surface area contributed by atoms with Crippen molar-refractivity contribution >= 4 is 5.91 Å². The van der Waals surface area contributed by atoms with Gasteiger partial charge < -0.3 is 10.6 Å². The molecule has 1 amide bonds. The van der Waals surface area contributed by atoms with E-state index in [0.717, 1.165) is 13.0 Å². The molecule has 5 heteroatoms. The highest BCUT2D eigenvalue weighted by atomic mass is 16.1. The van der Waals surface area contributed by atoms with Gasteiger partial charge in [-0.1, -0.05) is 6.42 Å². The Morgan fingerprint density at radius 3 is 3.06 bits per heavy atom. The Balaban J connectivity index is 1.85. The summed E-state index contributed by atoms with van der Waals surface area (Å²) >= 11 is 0. The number of pyridine rings is 1. The van der Waals surface area contributed by atoms with Gasteiger partial charge in [0.2, 0.25) is 0 Å². The average molecular weight is 244 g/mol. The van der Waals surface area contributed by atoms with Gasteiger partial charge in [0.15, 0.2) is 0 Å². The minimum absolute atomic E-state index is 0.188. The Kier molecular flexibility index (Phi) is 4.26. The van der Waals surface area contributed by atoms with E-state index >= 15 is 0 Å². The molecule has 5 nitrogen and oxygen atoms in total. The normalized spacial score (nSPS) is 18.9. The fourth-order valence-corrected chi connectivity index (χ4v) is 2.00. The number of amides is 1. The largest absolute Gasteiger partial charge is 0.349 e. The van der Waals surface area contributed by atoms with Crippen LogP contribution in [0.1, 0.15) is 35.3 Å². The van der Waals surface area contributed by atoms with Gasteiger partial charge >= 0.3 is 0 Å². The highest BCUT2D eigenvalue weighted by Gasteiger charge is 2.14. The highest BCUT2D eigenvalue weighted by Crippen LogP contribution is 2.06. The molecule has 0 aromatic carbocycles. The van der Waals surface area contributed by atoms with Crippen LogP contribution < -0.4 is 10.6 Å². The van der Waals surface area contributed by atoms with E-state index in [2.05, 4.69) is 15.6 Å². The molecular weight excluding hydrogens is 228 g/mol. The summed E-state index contributed by atoms with van der Waals surface area (Å²) in [6.07, 6.45) is 4.93. The molecule has 1 fully saturated rings. The summed E-state index contributed by atoms with van der Waals surface area (Å²) in [4.78, 5) is 15.8. The molecule has 1 aliphatic heterocycles. The SMILES string of the molecule is N#Cc1ccc(C(=O)NCC2CCCCN2)nc1. The number of nitriles is 1. The second-order valence-corrected chi connectivity index (χ2v) is 4.40. The van der Waals surface area contributed by atoms with Gasteiger partial charge in [0.1, 0.15) is 11.8 Å². The zero-order chi connectivity index (χ0) is 12.8. The molecule has 2 heterocycles. The minimum Gasteiger partial charge on any atom is -0.349 e. The summed E-state index contributed by atoms with van der Waals surface area (Å²) in [6, 6.07) is 5.50. The monoisotopic (exact) mass is 244 g/mol. The number of aromatic nitrogens is 1. The third-order valence-corrected chi connectivity index (χ3v) is 3.05. The lowest BCUT2D eigenvalue weighted by atomic mass is 10.1. The number of nitrogens with zero attached hydrogens (tertiary/aromatic N) is 2. The first-order chi connectivity index (χ1) is 8.79. The van der Waals surface area contributed by atoms with E-state index in [9.17, 15) is 4.79 Å². The van der Waals surface area contributed by atoms with Gasteiger partial charge in [-0.05, 0) is 31.5 Å². The molecule has 0 aliphatic carbocycles. The molecule has 1 aliphatic rings. The second-order valence-electron chi connectivity index (χ2n) is 4.40. The van der Waals surface area contributed by atoms with Crippen LogP contribution in [-0.4, -0.2) is 30.0 Å². The maximum Gasteiger partial charge on any atom is 0.269 e. The molecule has 1 saturated heterocycles. The van der Waals surface area contributed by atoms with Crippen molar-refractivity contribution in [3.8, 4) is 6.07 Å². The molecule has 0 bridgehead atoms. The maximum absolute atomic E-state index is 11.8. The first kappa shape index (κ1) is 12.5. The minimum atomic E-state index is -0.188. The first-order valence-electron chi connectivity index (χ1n) is 6.17. The van der Waals surface area contributed by atoms with Crippen LogP contribution >= 0.6 is 0 Å². The van der Waals surface area contributed by atoms with E-state index in [-0.39, 0.29) is 5.91 Å². The van der Waals surface area contributed by atoms with Crippen molar-refractivity contribution in [3.05, 3.63) is 29.6 Å². The number of rotatable bonds is 3. The molecule has 0 radical (unpaired) electrons. The fraction of sp³-hybridized carbons (Fsp3) is 0.462. The third kappa shape index (κ3) is 3.28. The molecule has 2 rings (SSSR count). The molecule has 18 heavy (non-hydrogen) atoms. The zero-order valence-electron chi connectivity index (χ0n) is 10.1. The van der Waals surface area contributed by atoms with Crippen molar-refractivity contribution in [1.82, 2.24) is 15.6 Å². The molecule has 2 N–H and O–H groups in total. The summed E-state index contributed by atoms with van der Waals surface area (Å²) in [5.74, 6) is -0.188. The molecule has 94 valence electrons. The zero-order valence-corrected chi connectivity index (χ0v) is 10.1. The van der Waals surface area contributed by atoms with Gasteiger partial charge in [-0.25, -0.2) is 4.98 Å². The van der Waals surface area contributed by atoms with E-state index in [4.69, 9.17) is 5.26 Å². The number of piperidine rings is 1. The smallest absolute Gasteiger partial charge is 0.269 e. The number of hydrogen-bond donors (Lipinski definition) is 2. The van der Waals surface area contributed by atoms with Gasteiger partial charge in [0.05, 0.1) is 5.56 Å². The van der Waals surface area contributed by atoms with Crippen LogP contribution in [0.4, 0.5) is 0 Å². The third-order valence-electron chi connectivity index (χ3n) is 3.05. The van der Waals surface area contributed by atoms with Crippen LogP contribution in [0.3, 0.4) is 0 Å². The number of nitrogens with one attached hydrogen (secondary N) is 2. The average Bonchev–Trinajstić information content (AvgIpc) is 2.46. The summed E-state index contributed by atoms with van der Waals surface area (Å²) in [7, 11) is 0. The predicted octanol–water partition coefficient (Wildman–Crippen LogP) is 0.825. The lowest BCUT2D eigenvalue weighted by Gasteiger charge is -2.23.